The molecule has 1 aliphatic heterocycles. The molecule has 1 saturated heterocycles. The monoisotopic (exact) mass is 114 g/mol. The Bertz CT molecular complexity index is 70.5. The van der Waals surface area contributed by atoms with Crippen LogP contribution in [0.3, 0.4) is 0 Å². The maximum Gasteiger partial charge on any atom is 0.0577 e. The summed E-state index contributed by atoms with van der Waals surface area (Å²) >= 11 is 0. The van der Waals surface area contributed by atoms with Gasteiger partial charge in [-0.2, -0.15) is 0 Å². The molecule has 0 aromatic carbocycles. The van der Waals surface area contributed by atoms with Crippen molar-refractivity contribution in [1.29, 1.82) is 0 Å². The SMILES string of the molecule is CC1CC(C)C(C)O1. The van der Waals surface area contributed by atoms with Crippen LogP contribution in [0.5, 0.6) is 0 Å². The molecule has 1 rings (SSSR count). The first-order chi connectivity index (χ1) is 3.70. The Kier molecular flexibility index (Phi) is 1.57. The zero-order valence-corrected chi connectivity index (χ0v) is 5.85. The summed E-state index contributed by atoms with van der Waals surface area (Å²) in [5.74, 6) is 0.769. The summed E-state index contributed by atoms with van der Waals surface area (Å²) < 4.78 is 5.47. The van der Waals surface area contributed by atoms with Crippen LogP contribution in [0.2, 0.25) is 0 Å². The van der Waals surface area contributed by atoms with Crippen LogP contribution in [0.4, 0.5) is 0 Å². The Balaban J connectivity index is 2.39. The molecule has 0 radical (unpaired) electrons. The van der Waals surface area contributed by atoms with E-state index in [0.717, 1.165) is 5.92 Å². The molecule has 0 N–H and O–H groups in total. The Morgan fingerprint density at radius 3 is 2.00 bits per heavy atom. The van der Waals surface area contributed by atoms with Crippen LogP contribution >= 0.6 is 0 Å². The molecule has 1 fully saturated rings. The molecule has 1 heteroatoms. The minimum Gasteiger partial charge on any atom is -0.375 e. The van der Waals surface area contributed by atoms with E-state index in [-0.39, 0.29) is 0 Å². The van der Waals surface area contributed by atoms with Gasteiger partial charge in [0.15, 0.2) is 0 Å². The number of hydrogen-bond acceptors (Lipinski definition) is 1. The molecule has 0 aromatic heterocycles. The second-order valence-corrected chi connectivity index (χ2v) is 2.86. The fourth-order valence-electron chi connectivity index (χ4n) is 1.27. The minimum absolute atomic E-state index is 0.491. The third-order valence-electron chi connectivity index (χ3n) is 1.95. The Hall–Kier alpha value is -0.0400. The molecule has 48 valence electrons. The van der Waals surface area contributed by atoms with Crippen LogP contribution in [0, 0.1) is 5.92 Å². The van der Waals surface area contributed by atoms with Gasteiger partial charge in [-0.3, -0.25) is 0 Å². The highest BCUT2D eigenvalue weighted by atomic mass is 16.5. The normalized spacial score (nSPS) is 47.6. The maximum absolute atomic E-state index is 5.47. The van der Waals surface area contributed by atoms with Crippen molar-refractivity contribution in [3.8, 4) is 0 Å². The van der Waals surface area contributed by atoms with Crippen molar-refractivity contribution in [2.45, 2.75) is 39.4 Å². The molecule has 0 amide bonds. The molecule has 0 spiro atoms. The molecule has 8 heavy (non-hydrogen) atoms. The standard InChI is InChI=1S/C7H14O/c1-5-4-6(2)8-7(5)3/h5-7H,4H2,1-3H3. The van der Waals surface area contributed by atoms with Gasteiger partial charge < -0.3 is 4.74 Å². The van der Waals surface area contributed by atoms with Crippen LogP contribution < -0.4 is 0 Å². The summed E-state index contributed by atoms with van der Waals surface area (Å²) in [7, 11) is 0. The fraction of sp³-hybridized carbons (Fsp3) is 1.00. The molecular weight excluding hydrogens is 100 g/mol. The van der Waals surface area contributed by atoms with Crippen LogP contribution in [0.1, 0.15) is 27.2 Å². The molecule has 0 saturated carbocycles. The average Bonchev–Trinajstić information content (AvgIpc) is 1.85. The predicted octanol–water partition coefficient (Wildman–Crippen LogP) is 1.82. The van der Waals surface area contributed by atoms with E-state index in [1.54, 1.807) is 0 Å². The second kappa shape index (κ2) is 2.06. The molecule has 1 aliphatic rings. The fourth-order valence-corrected chi connectivity index (χ4v) is 1.27. The molecule has 3 unspecified atom stereocenters. The third-order valence-corrected chi connectivity index (χ3v) is 1.95. The summed E-state index contributed by atoms with van der Waals surface area (Å²) in [6.45, 7) is 6.53. The van der Waals surface area contributed by atoms with Gasteiger partial charge in [-0.05, 0) is 26.2 Å². The molecule has 0 aliphatic carbocycles. The van der Waals surface area contributed by atoms with Gasteiger partial charge >= 0.3 is 0 Å². The number of hydrogen-bond donors (Lipinski definition) is 0. The molecular formula is C7H14O. The number of ether oxygens (including phenoxy) is 1. The van der Waals surface area contributed by atoms with E-state index >= 15 is 0 Å². The minimum atomic E-state index is 0.491. The van der Waals surface area contributed by atoms with Crippen molar-refractivity contribution in [1.82, 2.24) is 0 Å². The van der Waals surface area contributed by atoms with Gasteiger partial charge in [0.2, 0.25) is 0 Å². The Morgan fingerprint density at radius 1 is 1.25 bits per heavy atom. The zero-order chi connectivity index (χ0) is 6.15. The van der Waals surface area contributed by atoms with Gasteiger partial charge in [0.05, 0.1) is 12.2 Å². The smallest absolute Gasteiger partial charge is 0.0577 e. The maximum atomic E-state index is 5.47. The van der Waals surface area contributed by atoms with Gasteiger partial charge in [0.1, 0.15) is 0 Å². The van der Waals surface area contributed by atoms with Crippen molar-refractivity contribution in [3.63, 3.8) is 0 Å². The molecule has 0 bridgehead atoms. The highest BCUT2D eigenvalue weighted by molar-refractivity contribution is 4.72. The van der Waals surface area contributed by atoms with Crippen molar-refractivity contribution >= 4 is 0 Å². The lowest BCUT2D eigenvalue weighted by molar-refractivity contribution is 0.0580. The topological polar surface area (TPSA) is 9.23 Å². The molecule has 1 heterocycles. The van der Waals surface area contributed by atoms with Crippen molar-refractivity contribution < 1.29 is 4.74 Å². The largest absolute Gasteiger partial charge is 0.375 e. The summed E-state index contributed by atoms with van der Waals surface area (Å²) in [5, 5.41) is 0. The van der Waals surface area contributed by atoms with Gasteiger partial charge in [-0.25, -0.2) is 0 Å². The lowest BCUT2D eigenvalue weighted by atomic mass is 10.0. The number of rotatable bonds is 0. The zero-order valence-electron chi connectivity index (χ0n) is 5.85. The van der Waals surface area contributed by atoms with Gasteiger partial charge in [0, 0.05) is 0 Å². The van der Waals surface area contributed by atoms with E-state index in [1.807, 2.05) is 0 Å². The first kappa shape index (κ1) is 6.09. The second-order valence-electron chi connectivity index (χ2n) is 2.86. The van der Waals surface area contributed by atoms with Crippen LogP contribution in [0.25, 0.3) is 0 Å². The summed E-state index contributed by atoms with van der Waals surface area (Å²) in [6, 6.07) is 0. The summed E-state index contributed by atoms with van der Waals surface area (Å²) in [4.78, 5) is 0. The summed E-state index contributed by atoms with van der Waals surface area (Å²) in [6.07, 6.45) is 2.23. The van der Waals surface area contributed by atoms with E-state index in [4.69, 9.17) is 4.74 Å². The molecule has 1 nitrogen and oxygen atoms in total. The lowest BCUT2D eigenvalue weighted by Crippen LogP contribution is -2.06. The molecule has 3 atom stereocenters. The Labute approximate surface area is 51.0 Å². The van der Waals surface area contributed by atoms with Crippen molar-refractivity contribution in [3.05, 3.63) is 0 Å². The van der Waals surface area contributed by atoms with E-state index in [0.29, 0.717) is 12.2 Å². The third kappa shape index (κ3) is 1.03. The lowest BCUT2D eigenvalue weighted by Gasteiger charge is -2.05. The van der Waals surface area contributed by atoms with Crippen LogP contribution in [0.15, 0.2) is 0 Å². The summed E-state index contributed by atoms with van der Waals surface area (Å²) in [5.41, 5.74) is 0. The van der Waals surface area contributed by atoms with Crippen molar-refractivity contribution in [2.24, 2.45) is 5.92 Å². The quantitative estimate of drug-likeness (QED) is 0.466. The first-order valence-electron chi connectivity index (χ1n) is 3.35. The molecule has 0 aromatic rings. The van der Waals surface area contributed by atoms with E-state index < -0.39 is 0 Å². The van der Waals surface area contributed by atoms with Gasteiger partial charge in [-0.1, -0.05) is 6.92 Å². The predicted molar refractivity (Wildman–Crippen MR) is 33.8 cm³/mol. The van der Waals surface area contributed by atoms with Crippen molar-refractivity contribution in [2.75, 3.05) is 0 Å². The highest BCUT2D eigenvalue weighted by Gasteiger charge is 2.24. The average molecular weight is 114 g/mol. The van der Waals surface area contributed by atoms with Crippen LogP contribution in [-0.4, -0.2) is 12.2 Å². The first-order valence-corrected chi connectivity index (χ1v) is 3.35. The highest BCUT2D eigenvalue weighted by Crippen LogP contribution is 2.24. The van der Waals surface area contributed by atoms with E-state index in [9.17, 15) is 0 Å². The van der Waals surface area contributed by atoms with Crippen LogP contribution in [-0.2, 0) is 4.74 Å². The van der Waals surface area contributed by atoms with E-state index in [1.165, 1.54) is 6.42 Å². The Morgan fingerprint density at radius 2 is 1.88 bits per heavy atom. The van der Waals surface area contributed by atoms with E-state index in [2.05, 4.69) is 20.8 Å². The van der Waals surface area contributed by atoms with Gasteiger partial charge in [0.25, 0.3) is 0 Å². The van der Waals surface area contributed by atoms with Gasteiger partial charge in [-0.15, -0.1) is 0 Å².